The van der Waals surface area contributed by atoms with Gasteiger partial charge in [-0.05, 0) is 58.4 Å². The molecular formula is C23H28N2O7S. The molecule has 9 nitrogen and oxygen atoms in total. The number of nitrogens with zero attached hydrogens (tertiary/aromatic N) is 1. The van der Waals surface area contributed by atoms with Gasteiger partial charge in [0.1, 0.15) is 0 Å². The molecule has 0 amide bonds. The van der Waals surface area contributed by atoms with Crippen molar-refractivity contribution >= 4 is 27.6 Å². The van der Waals surface area contributed by atoms with E-state index in [4.69, 9.17) is 9.47 Å². The van der Waals surface area contributed by atoms with Crippen LogP contribution < -0.4 is 0 Å². The van der Waals surface area contributed by atoms with Crippen LogP contribution in [0.15, 0.2) is 29.2 Å². The molecular weight excluding hydrogens is 448 g/mol. The molecule has 1 aromatic carbocycles. The van der Waals surface area contributed by atoms with Crippen molar-refractivity contribution in [3.63, 3.8) is 0 Å². The van der Waals surface area contributed by atoms with Gasteiger partial charge in [0.15, 0.2) is 12.4 Å². The lowest BCUT2D eigenvalue weighted by molar-refractivity contribution is -0.0440. The van der Waals surface area contributed by atoms with Gasteiger partial charge < -0.3 is 14.5 Å². The van der Waals surface area contributed by atoms with E-state index in [-0.39, 0.29) is 47.2 Å². The molecule has 3 rings (SSSR count). The Labute approximate surface area is 193 Å². The highest BCUT2D eigenvalue weighted by atomic mass is 32.2. The van der Waals surface area contributed by atoms with Crippen LogP contribution in [0, 0.1) is 13.8 Å². The lowest BCUT2D eigenvalue weighted by atomic mass is 10.1. The Morgan fingerprint density at radius 1 is 1.15 bits per heavy atom. The largest absolute Gasteiger partial charge is 0.454 e. The zero-order chi connectivity index (χ0) is 24.5. The second-order valence-electron chi connectivity index (χ2n) is 8.29. The maximum Gasteiger partial charge on any atom is 0.338 e. The Hall–Kier alpha value is -2.82. The third kappa shape index (κ3) is 5.23. The van der Waals surface area contributed by atoms with Crippen molar-refractivity contribution in [3.05, 3.63) is 52.3 Å². The van der Waals surface area contributed by atoms with Crippen LogP contribution >= 0.6 is 0 Å². The van der Waals surface area contributed by atoms with Crippen molar-refractivity contribution in [3.8, 4) is 0 Å². The summed E-state index contributed by atoms with van der Waals surface area (Å²) in [5.41, 5.74) is 1.73. The molecule has 0 radical (unpaired) electrons. The van der Waals surface area contributed by atoms with Gasteiger partial charge in [0.2, 0.25) is 15.8 Å². The van der Waals surface area contributed by atoms with Crippen LogP contribution in [0.3, 0.4) is 0 Å². The lowest BCUT2D eigenvalue weighted by Gasteiger charge is -2.34. The van der Waals surface area contributed by atoms with E-state index in [9.17, 15) is 22.8 Å². The molecule has 2 aromatic rings. The molecule has 1 fully saturated rings. The van der Waals surface area contributed by atoms with Gasteiger partial charge in [-0.3, -0.25) is 9.59 Å². The monoisotopic (exact) mass is 476 g/mol. The van der Waals surface area contributed by atoms with Gasteiger partial charge >= 0.3 is 5.97 Å². The summed E-state index contributed by atoms with van der Waals surface area (Å²) in [6.45, 7) is 8.24. The molecule has 0 saturated carbocycles. The smallest absolute Gasteiger partial charge is 0.338 e. The zero-order valence-electron chi connectivity index (χ0n) is 19.3. The Morgan fingerprint density at radius 3 is 2.36 bits per heavy atom. The predicted molar refractivity (Wildman–Crippen MR) is 120 cm³/mol. The minimum absolute atomic E-state index is 0.0158. The molecule has 1 N–H and O–H groups in total. The third-order valence-corrected chi connectivity index (χ3v) is 7.32. The Bertz CT molecular complexity index is 1190. The van der Waals surface area contributed by atoms with Crippen LogP contribution in [0.4, 0.5) is 0 Å². The number of ether oxygens (including phenoxy) is 2. The van der Waals surface area contributed by atoms with Gasteiger partial charge in [0.25, 0.3) is 0 Å². The highest BCUT2D eigenvalue weighted by molar-refractivity contribution is 7.89. The number of carbonyl (C=O) groups is 3. The average Bonchev–Trinajstić information content (AvgIpc) is 3.05. The Morgan fingerprint density at radius 2 is 1.79 bits per heavy atom. The Balaban J connectivity index is 1.73. The minimum Gasteiger partial charge on any atom is -0.454 e. The van der Waals surface area contributed by atoms with Crippen molar-refractivity contribution < 1.29 is 32.3 Å². The predicted octanol–water partition coefficient (Wildman–Crippen LogP) is 2.67. The number of rotatable bonds is 7. The number of carbonyl (C=O) groups excluding carboxylic acids is 3. The van der Waals surface area contributed by atoms with E-state index in [2.05, 4.69) is 4.98 Å². The molecule has 0 spiro atoms. The molecule has 1 saturated heterocycles. The number of ketones is 2. The minimum atomic E-state index is -3.83. The van der Waals surface area contributed by atoms with Crippen molar-refractivity contribution in [1.82, 2.24) is 9.29 Å². The molecule has 0 bridgehead atoms. The van der Waals surface area contributed by atoms with Gasteiger partial charge in [-0.15, -0.1) is 0 Å². The summed E-state index contributed by atoms with van der Waals surface area (Å²) in [6, 6.07) is 5.53. The SMILES string of the molecule is CC(=O)c1c(C)[nH]c(C(=O)COC(=O)c2cccc(S(=O)(=O)N3CC(C)OC(C)C3)c2)c1C. The number of hydrogen-bond donors (Lipinski definition) is 1. The number of Topliss-reactive ketones (excluding diaryl/α,β-unsaturated/α-hetero) is 2. The van der Waals surface area contributed by atoms with Crippen LogP contribution in [-0.2, 0) is 19.5 Å². The molecule has 2 unspecified atom stereocenters. The van der Waals surface area contributed by atoms with Gasteiger partial charge in [-0.2, -0.15) is 4.31 Å². The van der Waals surface area contributed by atoms with Gasteiger partial charge in [0, 0.05) is 24.3 Å². The van der Waals surface area contributed by atoms with Crippen LogP contribution in [0.2, 0.25) is 0 Å². The van der Waals surface area contributed by atoms with E-state index in [0.29, 0.717) is 16.8 Å². The fraction of sp³-hybridized carbons (Fsp3) is 0.435. The van der Waals surface area contributed by atoms with Crippen LogP contribution in [0.1, 0.15) is 63.2 Å². The number of benzene rings is 1. The second-order valence-corrected chi connectivity index (χ2v) is 10.2. The molecule has 2 atom stereocenters. The number of morpholine rings is 1. The number of H-pyrrole nitrogens is 1. The van der Waals surface area contributed by atoms with Crippen molar-refractivity contribution in [2.45, 2.75) is 51.7 Å². The third-order valence-electron chi connectivity index (χ3n) is 5.50. The Kier molecular flexibility index (Phi) is 7.20. The molecule has 2 heterocycles. The number of hydrogen-bond acceptors (Lipinski definition) is 7. The van der Waals surface area contributed by atoms with Crippen molar-refractivity contribution in [2.75, 3.05) is 19.7 Å². The van der Waals surface area contributed by atoms with E-state index in [1.165, 1.54) is 35.5 Å². The van der Waals surface area contributed by atoms with Crippen LogP contribution in [0.5, 0.6) is 0 Å². The molecule has 1 aliphatic rings. The topological polar surface area (TPSA) is 123 Å². The lowest BCUT2D eigenvalue weighted by Crippen LogP contribution is -2.48. The van der Waals surface area contributed by atoms with E-state index >= 15 is 0 Å². The molecule has 33 heavy (non-hydrogen) atoms. The summed E-state index contributed by atoms with van der Waals surface area (Å²) in [5.74, 6) is -1.48. The van der Waals surface area contributed by atoms with E-state index in [1.54, 1.807) is 27.7 Å². The molecule has 178 valence electrons. The summed E-state index contributed by atoms with van der Waals surface area (Å²) < 4.78 is 38.2. The number of aromatic nitrogens is 1. The first-order chi connectivity index (χ1) is 15.4. The van der Waals surface area contributed by atoms with Gasteiger partial charge in [-0.25, -0.2) is 13.2 Å². The number of aromatic amines is 1. The van der Waals surface area contributed by atoms with E-state index in [0.717, 1.165) is 0 Å². The zero-order valence-corrected chi connectivity index (χ0v) is 20.1. The first-order valence-corrected chi connectivity index (χ1v) is 12.0. The summed E-state index contributed by atoms with van der Waals surface area (Å²) in [6.07, 6.45) is -0.488. The number of esters is 1. The molecule has 1 aromatic heterocycles. The second kappa shape index (κ2) is 9.58. The quantitative estimate of drug-likeness (QED) is 0.481. The highest BCUT2D eigenvalue weighted by Gasteiger charge is 2.32. The average molecular weight is 477 g/mol. The van der Waals surface area contributed by atoms with Crippen molar-refractivity contribution in [2.24, 2.45) is 0 Å². The van der Waals surface area contributed by atoms with Crippen molar-refractivity contribution in [1.29, 1.82) is 0 Å². The summed E-state index contributed by atoms with van der Waals surface area (Å²) in [7, 11) is -3.83. The fourth-order valence-corrected chi connectivity index (χ4v) is 5.74. The fourth-order valence-electron chi connectivity index (χ4n) is 4.10. The maximum atomic E-state index is 13.1. The van der Waals surface area contributed by atoms with Crippen LogP contribution in [0.25, 0.3) is 0 Å². The maximum absolute atomic E-state index is 13.1. The molecule has 10 heteroatoms. The summed E-state index contributed by atoms with van der Waals surface area (Å²) in [4.78, 5) is 39.7. The number of nitrogens with one attached hydrogen (secondary N) is 1. The highest BCUT2D eigenvalue weighted by Crippen LogP contribution is 2.23. The first kappa shape index (κ1) is 24.8. The molecule has 1 aliphatic heterocycles. The standard InChI is InChI=1S/C23H28N2O7S/c1-13-10-25(11-14(2)32-13)33(29,30)19-8-6-7-18(9-19)23(28)31-12-20(27)22-15(3)21(17(5)26)16(4)24-22/h6-9,13-14,24H,10-12H2,1-5H3. The first-order valence-electron chi connectivity index (χ1n) is 10.6. The van der Waals surface area contributed by atoms with E-state index < -0.39 is 28.4 Å². The number of aryl methyl sites for hydroxylation is 1. The van der Waals surface area contributed by atoms with Gasteiger partial charge in [0.05, 0.1) is 28.4 Å². The molecule has 0 aliphatic carbocycles. The normalized spacial score (nSPS) is 19.3. The van der Waals surface area contributed by atoms with Gasteiger partial charge in [-0.1, -0.05) is 6.07 Å². The van der Waals surface area contributed by atoms with E-state index in [1.807, 2.05) is 0 Å². The summed E-state index contributed by atoms with van der Waals surface area (Å²) >= 11 is 0. The summed E-state index contributed by atoms with van der Waals surface area (Å²) in [5, 5.41) is 0. The number of sulfonamides is 1. The van der Waals surface area contributed by atoms with Crippen LogP contribution in [-0.4, -0.2) is 67.1 Å².